The molecule has 6 nitrogen and oxygen atoms in total. The Labute approximate surface area is 182 Å². The van der Waals surface area contributed by atoms with Gasteiger partial charge in [0, 0.05) is 31.2 Å². The molecule has 0 unspecified atom stereocenters. The van der Waals surface area contributed by atoms with Gasteiger partial charge < -0.3 is 14.6 Å². The quantitative estimate of drug-likeness (QED) is 0.674. The standard InChI is InChI=1S/C25H27N3O3/c1-17-5-3-4-6-20(17)15-26-24(29)22-8-7-18(2)27-23(22)19-9-12-28(13-10-19)25(30)21-11-14-31-16-21/h3-8,11,14,16,19H,9-10,12-13,15H2,1-2H3,(H,26,29). The van der Waals surface area contributed by atoms with Crippen LogP contribution in [0.5, 0.6) is 0 Å². The summed E-state index contributed by atoms with van der Waals surface area (Å²) in [6.07, 6.45) is 4.54. The van der Waals surface area contributed by atoms with E-state index in [0.717, 1.165) is 35.4 Å². The normalized spacial score (nSPS) is 14.5. The van der Waals surface area contributed by atoms with E-state index in [1.807, 2.05) is 55.1 Å². The molecular formula is C25H27N3O3. The lowest BCUT2D eigenvalue weighted by molar-refractivity contribution is 0.0709. The number of nitrogens with one attached hydrogen (secondary N) is 1. The van der Waals surface area contributed by atoms with Crippen LogP contribution < -0.4 is 5.32 Å². The number of amides is 2. The Hall–Kier alpha value is -3.41. The third-order valence-corrected chi connectivity index (χ3v) is 5.95. The lowest BCUT2D eigenvalue weighted by Gasteiger charge is -2.32. The number of aromatic nitrogens is 1. The van der Waals surface area contributed by atoms with Crippen LogP contribution >= 0.6 is 0 Å². The zero-order valence-corrected chi connectivity index (χ0v) is 17.9. The second-order valence-corrected chi connectivity index (χ2v) is 8.07. The Balaban J connectivity index is 1.45. The van der Waals surface area contributed by atoms with Gasteiger partial charge >= 0.3 is 0 Å². The average Bonchev–Trinajstić information content (AvgIpc) is 3.33. The Kier molecular flexibility index (Phi) is 6.16. The highest BCUT2D eigenvalue weighted by Crippen LogP contribution is 2.30. The first-order chi connectivity index (χ1) is 15.0. The predicted molar refractivity (Wildman–Crippen MR) is 118 cm³/mol. The molecule has 0 radical (unpaired) electrons. The fraction of sp³-hybridized carbons (Fsp3) is 0.320. The number of likely N-dealkylation sites (tertiary alicyclic amines) is 1. The highest BCUT2D eigenvalue weighted by Gasteiger charge is 2.28. The third kappa shape index (κ3) is 4.68. The van der Waals surface area contributed by atoms with Crippen LogP contribution in [0.25, 0.3) is 0 Å². The van der Waals surface area contributed by atoms with Gasteiger partial charge in [0.2, 0.25) is 0 Å². The van der Waals surface area contributed by atoms with E-state index in [9.17, 15) is 9.59 Å². The molecular weight excluding hydrogens is 390 g/mol. The molecule has 1 aliphatic heterocycles. The molecule has 2 amide bonds. The molecule has 1 aromatic carbocycles. The number of carbonyl (C=O) groups excluding carboxylic acids is 2. The summed E-state index contributed by atoms with van der Waals surface area (Å²) >= 11 is 0. The summed E-state index contributed by atoms with van der Waals surface area (Å²) in [4.78, 5) is 32.1. The number of rotatable bonds is 5. The molecule has 0 aliphatic carbocycles. The summed E-state index contributed by atoms with van der Waals surface area (Å²) in [5.74, 6) is 0.0239. The summed E-state index contributed by atoms with van der Waals surface area (Å²) in [7, 11) is 0. The minimum atomic E-state index is -0.109. The van der Waals surface area contributed by atoms with Crippen LogP contribution in [0.2, 0.25) is 0 Å². The summed E-state index contributed by atoms with van der Waals surface area (Å²) in [5.41, 5.74) is 5.17. The van der Waals surface area contributed by atoms with E-state index in [4.69, 9.17) is 9.40 Å². The van der Waals surface area contributed by atoms with E-state index in [1.165, 1.54) is 12.5 Å². The molecule has 1 aliphatic rings. The highest BCUT2D eigenvalue weighted by molar-refractivity contribution is 5.95. The summed E-state index contributed by atoms with van der Waals surface area (Å²) < 4.78 is 5.03. The summed E-state index contributed by atoms with van der Waals surface area (Å²) in [6.45, 7) is 5.73. The number of nitrogens with zero attached hydrogens (tertiary/aromatic N) is 2. The van der Waals surface area contributed by atoms with E-state index in [2.05, 4.69) is 5.32 Å². The zero-order chi connectivity index (χ0) is 21.8. The van der Waals surface area contributed by atoms with Gasteiger partial charge in [0.05, 0.1) is 23.1 Å². The van der Waals surface area contributed by atoms with Crippen molar-refractivity contribution in [2.24, 2.45) is 0 Å². The van der Waals surface area contributed by atoms with Crippen molar-refractivity contribution >= 4 is 11.8 Å². The van der Waals surface area contributed by atoms with Gasteiger partial charge in [-0.3, -0.25) is 14.6 Å². The molecule has 2 aromatic heterocycles. The van der Waals surface area contributed by atoms with Crippen molar-refractivity contribution in [2.45, 2.75) is 39.2 Å². The highest BCUT2D eigenvalue weighted by atomic mass is 16.3. The molecule has 31 heavy (non-hydrogen) atoms. The SMILES string of the molecule is Cc1ccc(C(=O)NCc2ccccc2C)c(C2CCN(C(=O)c3ccoc3)CC2)n1. The third-order valence-electron chi connectivity index (χ3n) is 5.95. The van der Waals surface area contributed by atoms with Gasteiger partial charge in [-0.15, -0.1) is 0 Å². The maximum atomic E-state index is 13.0. The Morgan fingerprint density at radius 1 is 1.10 bits per heavy atom. The van der Waals surface area contributed by atoms with Crippen LogP contribution in [0, 0.1) is 13.8 Å². The second kappa shape index (κ2) is 9.16. The molecule has 3 heterocycles. The molecule has 0 saturated carbocycles. The van der Waals surface area contributed by atoms with Gasteiger partial charge in [-0.05, 0) is 56.0 Å². The summed E-state index contributed by atoms with van der Waals surface area (Å²) in [6, 6.07) is 13.5. The first kappa shape index (κ1) is 20.8. The number of benzene rings is 1. The van der Waals surface area contributed by atoms with E-state index >= 15 is 0 Å². The maximum absolute atomic E-state index is 13.0. The van der Waals surface area contributed by atoms with Crippen molar-refractivity contribution in [3.8, 4) is 0 Å². The van der Waals surface area contributed by atoms with Crippen LogP contribution in [0.15, 0.2) is 59.4 Å². The predicted octanol–water partition coefficient (Wildman–Crippen LogP) is 4.24. The smallest absolute Gasteiger partial charge is 0.257 e. The van der Waals surface area contributed by atoms with Crippen molar-refractivity contribution in [1.29, 1.82) is 0 Å². The number of carbonyl (C=O) groups is 2. The van der Waals surface area contributed by atoms with Gasteiger partial charge in [0.25, 0.3) is 11.8 Å². The summed E-state index contributed by atoms with van der Waals surface area (Å²) in [5, 5.41) is 3.05. The van der Waals surface area contributed by atoms with Gasteiger partial charge in [0.1, 0.15) is 6.26 Å². The molecule has 0 atom stereocenters. The Morgan fingerprint density at radius 2 is 1.87 bits per heavy atom. The first-order valence-corrected chi connectivity index (χ1v) is 10.6. The van der Waals surface area contributed by atoms with E-state index in [-0.39, 0.29) is 17.7 Å². The molecule has 6 heteroatoms. The minimum absolute atomic E-state index is 0.0133. The minimum Gasteiger partial charge on any atom is -0.472 e. The average molecular weight is 418 g/mol. The number of furan rings is 1. The number of hydrogen-bond acceptors (Lipinski definition) is 4. The fourth-order valence-electron chi connectivity index (χ4n) is 4.08. The van der Waals surface area contributed by atoms with Gasteiger partial charge in [0.15, 0.2) is 0 Å². The van der Waals surface area contributed by atoms with Gasteiger partial charge in [-0.25, -0.2) is 0 Å². The Bertz CT molecular complexity index is 1070. The van der Waals surface area contributed by atoms with E-state index < -0.39 is 0 Å². The van der Waals surface area contributed by atoms with Crippen molar-refractivity contribution in [3.05, 3.63) is 88.6 Å². The van der Waals surface area contributed by atoms with Crippen molar-refractivity contribution < 1.29 is 14.0 Å². The van der Waals surface area contributed by atoms with Gasteiger partial charge in [-0.1, -0.05) is 24.3 Å². The fourth-order valence-corrected chi connectivity index (χ4v) is 4.08. The lowest BCUT2D eigenvalue weighted by Crippen LogP contribution is -2.38. The maximum Gasteiger partial charge on any atom is 0.257 e. The largest absolute Gasteiger partial charge is 0.472 e. The van der Waals surface area contributed by atoms with Crippen LogP contribution in [0.3, 0.4) is 0 Å². The van der Waals surface area contributed by atoms with Crippen molar-refractivity contribution in [2.75, 3.05) is 13.1 Å². The topological polar surface area (TPSA) is 75.4 Å². The van der Waals surface area contributed by atoms with E-state index in [0.29, 0.717) is 30.8 Å². The molecule has 3 aromatic rings. The molecule has 1 N–H and O–H groups in total. The molecule has 160 valence electrons. The van der Waals surface area contributed by atoms with Crippen LogP contribution in [-0.4, -0.2) is 34.8 Å². The molecule has 1 saturated heterocycles. The van der Waals surface area contributed by atoms with Crippen LogP contribution in [-0.2, 0) is 6.54 Å². The lowest BCUT2D eigenvalue weighted by atomic mass is 9.89. The number of piperidine rings is 1. The number of hydrogen-bond donors (Lipinski definition) is 1. The molecule has 0 bridgehead atoms. The number of pyridine rings is 1. The second-order valence-electron chi connectivity index (χ2n) is 8.07. The van der Waals surface area contributed by atoms with Crippen molar-refractivity contribution in [1.82, 2.24) is 15.2 Å². The van der Waals surface area contributed by atoms with E-state index in [1.54, 1.807) is 6.07 Å². The monoisotopic (exact) mass is 417 g/mol. The van der Waals surface area contributed by atoms with Crippen LogP contribution in [0.1, 0.15) is 62.0 Å². The molecule has 1 fully saturated rings. The molecule has 0 spiro atoms. The van der Waals surface area contributed by atoms with Crippen molar-refractivity contribution in [3.63, 3.8) is 0 Å². The Morgan fingerprint density at radius 3 is 2.58 bits per heavy atom. The first-order valence-electron chi connectivity index (χ1n) is 10.6. The number of aryl methyl sites for hydroxylation is 2. The zero-order valence-electron chi connectivity index (χ0n) is 17.9. The van der Waals surface area contributed by atoms with Crippen LogP contribution in [0.4, 0.5) is 0 Å². The van der Waals surface area contributed by atoms with Gasteiger partial charge in [-0.2, -0.15) is 0 Å². The molecule has 4 rings (SSSR count).